The number of rotatable bonds is 5. The Labute approximate surface area is 130 Å². The number of nitrogens with zero attached hydrogens (tertiary/aromatic N) is 2. The Morgan fingerprint density at radius 3 is 2.45 bits per heavy atom. The van der Waals surface area contributed by atoms with Gasteiger partial charge in [0.15, 0.2) is 0 Å². The van der Waals surface area contributed by atoms with Gasteiger partial charge >= 0.3 is 0 Å². The molecule has 0 N–H and O–H groups in total. The maximum Gasteiger partial charge on any atom is 0.127 e. The van der Waals surface area contributed by atoms with E-state index in [4.69, 9.17) is 4.74 Å². The Morgan fingerprint density at radius 2 is 1.77 bits per heavy atom. The third kappa shape index (κ3) is 3.85. The topological polar surface area (TPSA) is 27.1 Å². The number of benzene rings is 2. The quantitative estimate of drug-likeness (QED) is 0.676. The van der Waals surface area contributed by atoms with Crippen LogP contribution in [-0.2, 0) is 6.54 Å². The molecule has 0 aliphatic heterocycles. The monoisotopic (exact) mass is 290 g/mol. The lowest BCUT2D eigenvalue weighted by atomic mass is 10.1. The molecule has 0 bridgehead atoms. The Hall–Kier alpha value is -2.81. The average molecular weight is 290 g/mol. The summed E-state index contributed by atoms with van der Waals surface area (Å²) in [6.07, 6.45) is 7.76. The molecule has 0 spiro atoms. The second kappa shape index (κ2) is 6.76. The van der Waals surface area contributed by atoms with E-state index in [0.29, 0.717) is 0 Å². The van der Waals surface area contributed by atoms with Crippen LogP contribution in [0.1, 0.15) is 12.5 Å². The SMILES string of the molecule is CC(=Cc1ccc(Oc2ccccc2)cc1)Cn1ccnc1. The summed E-state index contributed by atoms with van der Waals surface area (Å²) in [5.41, 5.74) is 2.44. The van der Waals surface area contributed by atoms with Crippen LogP contribution in [-0.4, -0.2) is 9.55 Å². The molecule has 22 heavy (non-hydrogen) atoms. The van der Waals surface area contributed by atoms with Crippen molar-refractivity contribution in [3.05, 3.63) is 84.5 Å². The van der Waals surface area contributed by atoms with E-state index in [1.54, 1.807) is 6.20 Å². The van der Waals surface area contributed by atoms with E-state index in [0.717, 1.165) is 23.6 Å². The first-order valence-electron chi connectivity index (χ1n) is 7.25. The van der Waals surface area contributed by atoms with Gasteiger partial charge in [-0.2, -0.15) is 0 Å². The van der Waals surface area contributed by atoms with Crippen molar-refractivity contribution in [2.45, 2.75) is 13.5 Å². The van der Waals surface area contributed by atoms with Gasteiger partial charge in [-0.15, -0.1) is 0 Å². The third-order valence-electron chi connectivity index (χ3n) is 3.26. The average Bonchev–Trinajstić information content (AvgIpc) is 3.03. The highest BCUT2D eigenvalue weighted by atomic mass is 16.5. The molecule has 0 amide bonds. The van der Waals surface area contributed by atoms with Gasteiger partial charge in [0.05, 0.1) is 6.33 Å². The minimum absolute atomic E-state index is 0.843. The first-order valence-corrected chi connectivity index (χ1v) is 7.25. The zero-order chi connectivity index (χ0) is 15.2. The van der Waals surface area contributed by atoms with E-state index in [1.807, 2.05) is 55.0 Å². The maximum absolute atomic E-state index is 5.79. The van der Waals surface area contributed by atoms with E-state index < -0.39 is 0 Å². The predicted octanol–water partition coefficient (Wildman–Crippen LogP) is 4.78. The van der Waals surface area contributed by atoms with Gasteiger partial charge in [-0.05, 0) is 36.8 Å². The largest absolute Gasteiger partial charge is 0.457 e. The molecule has 0 fully saturated rings. The second-order valence-electron chi connectivity index (χ2n) is 5.21. The van der Waals surface area contributed by atoms with Crippen molar-refractivity contribution in [2.75, 3.05) is 0 Å². The van der Waals surface area contributed by atoms with Crippen molar-refractivity contribution < 1.29 is 4.74 Å². The highest BCUT2D eigenvalue weighted by Gasteiger charge is 1.97. The molecule has 110 valence electrons. The molecule has 0 radical (unpaired) electrons. The molecule has 0 saturated heterocycles. The van der Waals surface area contributed by atoms with E-state index in [2.05, 4.69) is 34.7 Å². The molecular formula is C19H18N2O. The lowest BCUT2D eigenvalue weighted by Crippen LogP contribution is -1.95. The lowest BCUT2D eigenvalue weighted by Gasteiger charge is -2.06. The Balaban J connectivity index is 1.66. The van der Waals surface area contributed by atoms with Gasteiger partial charge in [0.25, 0.3) is 0 Å². The molecule has 3 heteroatoms. The van der Waals surface area contributed by atoms with Crippen molar-refractivity contribution in [3.63, 3.8) is 0 Å². The second-order valence-corrected chi connectivity index (χ2v) is 5.21. The number of allylic oxidation sites excluding steroid dienone is 1. The summed E-state index contributed by atoms with van der Waals surface area (Å²) in [4.78, 5) is 4.05. The van der Waals surface area contributed by atoms with E-state index in [-0.39, 0.29) is 0 Å². The van der Waals surface area contributed by atoms with E-state index >= 15 is 0 Å². The summed E-state index contributed by atoms with van der Waals surface area (Å²) in [7, 11) is 0. The fourth-order valence-electron chi connectivity index (χ4n) is 2.26. The van der Waals surface area contributed by atoms with Gasteiger partial charge in [-0.25, -0.2) is 4.98 Å². The van der Waals surface area contributed by atoms with Crippen LogP contribution in [0.3, 0.4) is 0 Å². The van der Waals surface area contributed by atoms with Crippen LogP contribution in [0.25, 0.3) is 6.08 Å². The smallest absolute Gasteiger partial charge is 0.127 e. The summed E-state index contributed by atoms with van der Waals surface area (Å²) in [6, 6.07) is 17.9. The molecule has 3 aromatic rings. The summed E-state index contributed by atoms with van der Waals surface area (Å²) in [5, 5.41) is 0. The molecule has 1 aromatic heterocycles. The number of ether oxygens (including phenoxy) is 1. The minimum atomic E-state index is 0.843. The van der Waals surface area contributed by atoms with Crippen molar-refractivity contribution in [3.8, 4) is 11.5 Å². The van der Waals surface area contributed by atoms with Crippen molar-refractivity contribution in [2.24, 2.45) is 0 Å². The number of hydrogen-bond donors (Lipinski definition) is 0. The van der Waals surface area contributed by atoms with E-state index in [1.165, 1.54) is 5.57 Å². The molecule has 0 unspecified atom stereocenters. The van der Waals surface area contributed by atoms with Gasteiger partial charge in [0.2, 0.25) is 0 Å². The molecule has 0 saturated carbocycles. The highest BCUT2D eigenvalue weighted by Crippen LogP contribution is 2.21. The van der Waals surface area contributed by atoms with Gasteiger partial charge < -0.3 is 9.30 Å². The molecule has 0 aliphatic carbocycles. The van der Waals surface area contributed by atoms with Gasteiger partial charge in [0, 0.05) is 18.9 Å². The van der Waals surface area contributed by atoms with Gasteiger partial charge in [-0.3, -0.25) is 0 Å². The van der Waals surface area contributed by atoms with Crippen molar-refractivity contribution in [1.29, 1.82) is 0 Å². The zero-order valence-corrected chi connectivity index (χ0v) is 12.5. The zero-order valence-electron chi connectivity index (χ0n) is 12.5. The third-order valence-corrected chi connectivity index (χ3v) is 3.26. The highest BCUT2D eigenvalue weighted by molar-refractivity contribution is 5.53. The fraction of sp³-hybridized carbons (Fsp3) is 0.105. The van der Waals surface area contributed by atoms with Crippen LogP contribution < -0.4 is 4.74 Å². The van der Waals surface area contributed by atoms with Crippen LogP contribution in [0.2, 0.25) is 0 Å². The maximum atomic E-state index is 5.79. The summed E-state index contributed by atoms with van der Waals surface area (Å²) < 4.78 is 7.84. The first kappa shape index (κ1) is 14.1. The molecule has 3 rings (SSSR count). The summed E-state index contributed by atoms with van der Waals surface area (Å²) in [6.45, 7) is 2.97. The lowest BCUT2D eigenvalue weighted by molar-refractivity contribution is 0.482. The molecule has 3 nitrogen and oxygen atoms in total. The van der Waals surface area contributed by atoms with Crippen LogP contribution in [0.5, 0.6) is 11.5 Å². The van der Waals surface area contributed by atoms with Gasteiger partial charge in [-0.1, -0.05) is 42.0 Å². The van der Waals surface area contributed by atoms with Crippen LogP contribution in [0, 0.1) is 0 Å². The molecular weight excluding hydrogens is 272 g/mol. The normalized spacial score (nSPS) is 11.4. The molecule has 1 heterocycles. The number of para-hydroxylation sites is 1. The van der Waals surface area contributed by atoms with Crippen LogP contribution in [0.15, 0.2) is 78.9 Å². The van der Waals surface area contributed by atoms with Crippen molar-refractivity contribution in [1.82, 2.24) is 9.55 Å². The predicted molar refractivity (Wildman–Crippen MR) is 88.8 cm³/mol. The summed E-state index contributed by atoms with van der Waals surface area (Å²) >= 11 is 0. The fourth-order valence-corrected chi connectivity index (χ4v) is 2.26. The van der Waals surface area contributed by atoms with Crippen LogP contribution >= 0.6 is 0 Å². The standard InChI is InChI=1S/C19H18N2O/c1-16(14-21-12-11-20-15-21)13-17-7-9-19(10-8-17)22-18-5-3-2-4-6-18/h2-13,15H,14H2,1H3. The Morgan fingerprint density at radius 1 is 1.05 bits per heavy atom. The minimum Gasteiger partial charge on any atom is -0.457 e. The van der Waals surface area contributed by atoms with Gasteiger partial charge in [0.1, 0.15) is 11.5 Å². The number of hydrogen-bond acceptors (Lipinski definition) is 2. The molecule has 0 atom stereocenters. The van der Waals surface area contributed by atoms with Crippen molar-refractivity contribution >= 4 is 6.08 Å². The molecule has 2 aromatic carbocycles. The summed E-state index contributed by atoms with van der Waals surface area (Å²) in [5.74, 6) is 1.69. The first-order chi connectivity index (χ1) is 10.8. The Kier molecular flexibility index (Phi) is 4.35. The van der Waals surface area contributed by atoms with E-state index in [9.17, 15) is 0 Å². The number of imidazole rings is 1. The Bertz CT molecular complexity index is 729. The number of aromatic nitrogens is 2. The van der Waals surface area contributed by atoms with Crippen LogP contribution in [0.4, 0.5) is 0 Å². The molecule has 0 aliphatic rings.